The summed E-state index contributed by atoms with van der Waals surface area (Å²) in [7, 11) is 0. The van der Waals surface area contributed by atoms with Crippen molar-refractivity contribution in [2.75, 3.05) is 44.2 Å². The van der Waals surface area contributed by atoms with Crippen molar-refractivity contribution in [3.8, 4) is 0 Å². The Morgan fingerprint density at radius 2 is 1.86 bits per heavy atom. The van der Waals surface area contributed by atoms with Crippen molar-refractivity contribution in [1.82, 2.24) is 14.8 Å². The number of halogens is 4. The molecule has 0 atom stereocenters. The van der Waals surface area contributed by atoms with Gasteiger partial charge in [-0.3, -0.25) is 0 Å². The smallest absolute Gasteiger partial charge is 0.398 e. The van der Waals surface area contributed by atoms with Gasteiger partial charge in [-0.15, -0.1) is 0 Å². The van der Waals surface area contributed by atoms with Crippen LogP contribution in [0.1, 0.15) is 25.0 Å². The van der Waals surface area contributed by atoms with Gasteiger partial charge in [-0.05, 0) is 43.7 Å². The van der Waals surface area contributed by atoms with E-state index in [1.165, 1.54) is 12.3 Å². The molecule has 0 radical (unpaired) electrons. The number of rotatable bonds is 7. The topological polar surface area (TPSA) is 61.0 Å². The lowest BCUT2D eigenvalue weighted by Gasteiger charge is -2.37. The van der Waals surface area contributed by atoms with E-state index in [2.05, 4.69) is 11.6 Å². The quantitative estimate of drug-likeness (QED) is 0.419. The molecule has 1 fully saturated rings. The highest BCUT2D eigenvalue weighted by molar-refractivity contribution is 6.30. The number of piperazine rings is 1. The standard InChI is InChI=1S/C25H30ClF3N6/c1-4-33(5-2)18(3)32-23(17-22(30)19-8-6-9-20(26)16-19)34-12-14-35(15-13-34)24-21(25(27,28)29)10-7-11-31-24/h6-11,16-17H,3-5,12-15,30H2,1-2H3/b22-17-,32-23?. The van der Waals surface area contributed by atoms with E-state index in [9.17, 15) is 13.2 Å². The zero-order valence-corrected chi connectivity index (χ0v) is 20.6. The van der Waals surface area contributed by atoms with Gasteiger partial charge in [-0.1, -0.05) is 30.3 Å². The first kappa shape index (κ1) is 26.4. The zero-order chi connectivity index (χ0) is 25.6. The van der Waals surface area contributed by atoms with Crippen LogP contribution in [0.25, 0.3) is 5.70 Å². The second-order valence-corrected chi connectivity index (χ2v) is 8.45. The normalized spacial score (nSPS) is 15.4. The van der Waals surface area contributed by atoms with Crippen molar-refractivity contribution >= 4 is 29.0 Å². The molecular weight excluding hydrogens is 477 g/mol. The summed E-state index contributed by atoms with van der Waals surface area (Å²) in [6.45, 7) is 11.2. The molecule has 0 amide bonds. The minimum Gasteiger partial charge on any atom is -0.398 e. The molecule has 2 aromatic rings. The number of hydrogen-bond acceptors (Lipinski definition) is 5. The van der Waals surface area contributed by atoms with Crippen LogP contribution in [0.15, 0.2) is 66.1 Å². The number of nitrogens with zero attached hydrogens (tertiary/aromatic N) is 5. The molecule has 35 heavy (non-hydrogen) atoms. The molecule has 0 spiro atoms. The molecule has 0 bridgehead atoms. The second kappa shape index (κ2) is 11.5. The van der Waals surface area contributed by atoms with Crippen LogP contribution >= 0.6 is 11.6 Å². The zero-order valence-electron chi connectivity index (χ0n) is 19.9. The number of pyridine rings is 1. The first-order valence-electron chi connectivity index (χ1n) is 11.4. The maximum absolute atomic E-state index is 13.5. The van der Waals surface area contributed by atoms with Crippen molar-refractivity contribution in [2.45, 2.75) is 20.0 Å². The molecule has 3 rings (SSSR count). The maximum Gasteiger partial charge on any atom is 0.419 e. The Morgan fingerprint density at radius 3 is 2.46 bits per heavy atom. The molecule has 1 aromatic heterocycles. The van der Waals surface area contributed by atoms with Crippen LogP contribution in [0.2, 0.25) is 5.02 Å². The predicted molar refractivity (Wildman–Crippen MR) is 136 cm³/mol. The van der Waals surface area contributed by atoms with E-state index < -0.39 is 11.7 Å². The van der Waals surface area contributed by atoms with Crippen molar-refractivity contribution < 1.29 is 13.2 Å². The first-order chi connectivity index (χ1) is 16.6. The predicted octanol–water partition coefficient (Wildman–Crippen LogP) is 5.09. The number of amidine groups is 1. The van der Waals surface area contributed by atoms with Crippen LogP contribution in [0.4, 0.5) is 19.0 Å². The highest BCUT2D eigenvalue weighted by Crippen LogP contribution is 2.35. The average Bonchev–Trinajstić information content (AvgIpc) is 2.84. The third kappa shape index (κ3) is 6.69. The number of anilines is 1. The molecule has 6 nitrogen and oxygen atoms in total. The fraction of sp³-hybridized carbons (Fsp3) is 0.360. The van der Waals surface area contributed by atoms with Gasteiger partial charge in [0.2, 0.25) is 0 Å². The Bertz CT molecular complexity index is 1090. The van der Waals surface area contributed by atoms with E-state index in [-0.39, 0.29) is 5.82 Å². The monoisotopic (exact) mass is 506 g/mol. The van der Waals surface area contributed by atoms with E-state index >= 15 is 0 Å². The van der Waals surface area contributed by atoms with Crippen LogP contribution in [0.5, 0.6) is 0 Å². The van der Waals surface area contributed by atoms with Crippen LogP contribution in [-0.2, 0) is 6.18 Å². The third-order valence-corrected chi connectivity index (χ3v) is 6.05. The number of aromatic nitrogens is 1. The molecule has 2 N–H and O–H groups in total. The van der Waals surface area contributed by atoms with Gasteiger partial charge in [-0.2, -0.15) is 13.2 Å². The van der Waals surface area contributed by atoms with Gasteiger partial charge in [0, 0.05) is 62.3 Å². The Balaban J connectivity index is 1.87. The Kier molecular flexibility index (Phi) is 8.67. The number of nitrogens with two attached hydrogens (primary N) is 1. The Labute approximate surface area is 209 Å². The average molecular weight is 507 g/mol. The minimum absolute atomic E-state index is 0.0559. The lowest BCUT2D eigenvalue weighted by Crippen LogP contribution is -2.49. The van der Waals surface area contributed by atoms with Crippen LogP contribution in [-0.4, -0.2) is 59.9 Å². The maximum atomic E-state index is 13.5. The van der Waals surface area contributed by atoms with Crippen LogP contribution in [0, 0.1) is 0 Å². The van der Waals surface area contributed by atoms with E-state index in [1.807, 2.05) is 35.8 Å². The fourth-order valence-electron chi connectivity index (χ4n) is 3.89. The van der Waals surface area contributed by atoms with Gasteiger partial charge in [0.05, 0.1) is 5.56 Å². The second-order valence-electron chi connectivity index (χ2n) is 8.01. The SMILES string of the molecule is C=C(N=C(/C=C(\N)c1cccc(Cl)c1)N1CCN(c2ncccc2C(F)(F)F)CC1)N(CC)CC. The lowest BCUT2D eigenvalue weighted by atomic mass is 10.1. The molecule has 1 aromatic carbocycles. The Hall–Kier alpha value is -3.20. The number of alkyl halides is 3. The van der Waals surface area contributed by atoms with Crippen molar-refractivity contribution in [3.63, 3.8) is 0 Å². The van der Waals surface area contributed by atoms with Crippen LogP contribution < -0.4 is 10.6 Å². The van der Waals surface area contributed by atoms with Crippen molar-refractivity contribution in [2.24, 2.45) is 10.7 Å². The molecule has 0 unspecified atom stereocenters. The molecule has 2 heterocycles. The molecule has 1 aliphatic rings. The molecule has 1 saturated heterocycles. The van der Waals surface area contributed by atoms with Crippen LogP contribution in [0.3, 0.4) is 0 Å². The highest BCUT2D eigenvalue weighted by Gasteiger charge is 2.36. The Morgan fingerprint density at radius 1 is 1.17 bits per heavy atom. The fourth-order valence-corrected chi connectivity index (χ4v) is 4.08. The van der Waals surface area contributed by atoms with E-state index in [1.54, 1.807) is 23.1 Å². The summed E-state index contributed by atoms with van der Waals surface area (Å²) < 4.78 is 40.5. The summed E-state index contributed by atoms with van der Waals surface area (Å²) in [5.74, 6) is 1.13. The summed E-state index contributed by atoms with van der Waals surface area (Å²) in [5, 5.41) is 0.564. The number of benzene rings is 1. The molecule has 188 valence electrons. The van der Waals surface area contributed by atoms with Crippen molar-refractivity contribution in [1.29, 1.82) is 0 Å². The van der Waals surface area contributed by atoms with Gasteiger partial charge in [-0.25, -0.2) is 9.98 Å². The summed E-state index contributed by atoms with van der Waals surface area (Å²) in [6, 6.07) is 9.56. The first-order valence-corrected chi connectivity index (χ1v) is 11.8. The number of aliphatic imine (C=N–C) groups is 1. The molecule has 0 saturated carbocycles. The van der Waals surface area contributed by atoms with E-state index in [0.717, 1.165) is 24.7 Å². The van der Waals surface area contributed by atoms with Crippen molar-refractivity contribution in [3.05, 3.63) is 77.2 Å². The van der Waals surface area contributed by atoms with Gasteiger partial charge >= 0.3 is 6.18 Å². The van der Waals surface area contributed by atoms with E-state index in [0.29, 0.717) is 48.6 Å². The van der Waals surface area contributed by atoms with Gasteiger partial charge < -0.3 is 20.4 Å². The van der Waals surface area contributed by atoms with E-state index in [4.69, 9.17) is 22.3 Å². The highest BCUT2D eigenvalue weighted by atomic mass is 35.5. The molecule has 1 aliphatic heterocycles. The van der Waals surface area contributed by atoms with Gasteiger partial charge in [0.1, 0.15) is 17.5 Å². The minimum atomic E-state index is -4.47. The number of hydrogen-bond donors (Lipinski definition) is 1. The summed E-state index contributed by atoms with van der Waals surface area (Å²) in [6.07, 6.45) is -1.33. The molecular formula is C25H30ClF3N6. The lowest BCUT2D eigenvalue weighted by molar-refractivity contribution is -0.137. The third-order valence-electron chi connectivity index (χ3n) is 5.81. The molecule has 10 heteroatoms. The summed E-state index contributed by atoms with van der Waals surface area (Å²) in [5.41, 5.74) is 6.87. The van der Waals surface area contributed by atoms with Gasteiger partial charge in [0.25, 0.3) is 0 Å². The van der Waals surface area contributed by atoms with Gasteiger partial charge in [0.15, 0.2) is 0 Å². The largest absolute Gasteiger partial charge is 0.419 e. The molecule has 0 aliphatic carbocycles. The summed E-state index contributed by atoms with van der Waals surface area (Å²) >= 11 is 6.12. The summed E-state index contributed by atoms with van der Waals surface area (Å²) in [4.78, 5) is 14.4.